The highest BCUT2D eigenvalue weighted by Crippen LogP contribution is 2.12. The molecule has 0 aliphatic carbocycles. The van der Waals surface area contributed by atoms with Crippen LogP contribution in [0.1, 0.15) is 17.3 Å². The van der Waals surface area contributed by atoms with Crippen molar-refractivity contribution in [2.45, 2.75) is 20.0 Å². The lowest BCUT2D eigenvalue weighted by atomic mass is 10.2. The van der Waals surface area contributed by atoms with E-state index in [1.54, 1.807) is 41.0 Å². The average Bonchev–Trinajstić information content (AvgIpc) is 2.91. The highest BCUT2D eigenvalue weighted by atomic mass is 16.2. The summed E-state index contributed by atoms with van der Waals surface area (Å²) in [4.78, 5) is 36.6. The van der Waals surface area contributed by atoms with E-state index in [0.29, 0.717) is 17.6 Å². The van der Waals surface area contributed by atoms with Gasteiger partial charge in [0.25, 0.3) is 11.8 Å². The van der Waals surface area contributed by atoms with Gasteiger partial charge in [-0.1, -0.05) is 30.3 Å². The predicted octanol–water partition coefficient (Wildman–Crippen LogP) is 1.28. The summed E-state index contributed by atoms with van der Waals surface area (Å²) >= 11 is 0. The number of benzene rings is 2. The summed E-state index contributed by atoms with van der Waals surface area (Å²) < 4.78 is 2.99. The van der Waals surface area contributed by atoms with E-state index in [2.05, 4.69) is 10.9 Å². The third-order valence-corrected chi connectivity index (χ3v) is 3.89. The van der Waals surface area contributed by atoms with Gasteiger partial charge in [0, 0.05) is 12.1 Å². The van der Waals surface area contributed by atoms with Crippen molar-refractivity contribution < 1.29 is 9.59 Å². The van der Waals surface area contributed by atoms with Gasteiger partial charge >= 0.3 is 5.69 Å². The van der Waals surface area contributed by atoms with E-state index in [9.17, 15) is 14.4 Å². The van der Waals surface area contributed by atoms with Gasteiger partial charge in [0.05, 0.1) is 11.0 Å². The lowest BCUT2D eigenvalue weighted by Crippen LogP contribution is -2.44. The van der Waals surface area contributed by atoms with Gasteiger partial charge in [-0.3, -0.25) is 29.6 Å². The summed E-state index contributed by atoms with van der Waals surface area (Å²) in [6, 6.07) is 15.8. The number of hydrogen-bond donors (Lipinski definition) is 2. The minimum atomic E-state index is -0.481. The Morgan fingerprint density at radius 2 is 1.48 bits per heavy atom. The molecule has 3 aromatic rings. The molecule has 0 aliphatic rings. The fourth-order valence-corrected chi connectivity index (χ4v) is 2.70. The minimum Gasteiger partial charge on any atom is -0.292 e. The molecule has 25 heavy (non-hydrogen) atoms. The summed E-state index contributed by atoms with van der Waals surface area (Å²) in [5.41, 5.74) is 6.32. The molecule has 0 saturated carbocycles. The second-order valence-corrected chi connectivity index (χ2v) is 5.47. The molecule has 2 N–H and O–H groups in total. The Labute approximate surface area is 143 Å². The van der Waals surface area contributed by atoms with E-state index in [1.165, 1.54) is 4.57 Å². The highest BCUT2D eigenvalue weighted by molar-refractivity contribution is 5.95. The number of carbonyl (C=O) groups is 2. The van der Waals surface area contributed by atoms with Crippen LogP contribution >= 0.6 is 0 Å². The maximum atomic E-state index is 12.5. The number of nitrogens with zero attached hydrogens (tertiary/aromatic N) is 2. The van der Waals surface area contributed by atoms with Gasteiger partial charge in [-0.25, -0.2) is 4.79 Å². The van der Waals surface area contributed by atoms with E-state index < -0.39 is 11.8 Å². The van der Waals surface area contributed by atoms with E-state index in [-0.39, 0.29) is 12.2 Å². The number of para-hydroxylation sites is 2. The van der Waals surface area contributed by atoms with Gasteiger partial charge in [-0.2, -0.15) is 0 Å². The Morgan fingerprint density at radius 1 is 0.880 bits per heavy atom. The normalized spacial score (nSPS) is 10.6. The van der Waals surface area contributed by atoms with Crippen molar-refractivity contribution in [3.05, 3.63) is 70.6 Å². The van der Waals surface area contributed by atoms with Crippen molar-refractivity contribution in [1.82, 2.24) is 20.0 Å². The first kappa shape index (κ1) is 16.5. The SMILES string of the molecule is CCn1c(=O)n(CC(=O)NNC(=O)c2ccccc2)c2ccccc21. The Bertz CT molecular complexity index is 973. The quantitative estimate of drug-likeness (QED) is 0.703. The summed E-state index contributed by atoms with van der Waals surface area (Å²) in [5.74, 6) is -0.900. The smallest absolute Gasteiger partial charge is 0.292 e. The molecule has 2 amide bonds. The van der Waals surface area contributed by atoms with Crippen molar-refractivity contribution in [2.24, 2.45) is 0 Å². The van der Waals surface area contributed by atoms with Crippen molar-refractivity contribution in [3.8, 4) is 0 Å². The third-order valence-electron chi connectivity index (χ3n) is 3.89. The number of imidazole rings is 1. The number of hydrazine groups is 1. The van der Waals surface area contributed by atoms with Crippen LogP contribution in [0.4, 0.5) is 0 Å². The molecule has 0 radical (unpaired) electrons. The third kappa shape index (κ3) is 3.30. The summed E-state index contributed by atoms with van der Waals surface area (Å²) in [6.45, 7) is 2.21. The molecule has 0 atom stereocenters. The highest BCUT2D eigenvalue weighted by Gasteiger charge is 2.14. The zero-order valence-corrected chi connectivity index (χ0v) is 13.7. The molecule has 0 aliphatic heterocycles. The van der Waals surface area contributed by atoms with E-state index in [1.807, 2.05) is 25.1 Å². The van der Waals surface area contributed by atoms with Crippen molar-refractivity contribution in [3.63, 3.8) is 0 Å². The molecule has 1 aromatic heterocycles. The number of hydrogen-bond acceptors (Lipinski definition) is 3. The minimum absolute atomic E-state index is 0.179. The standard InChI is InChI=1S/C18H18N4O3/c1-2-21-14-10-6-7-11-15(14)22(18(21)25)12-16(23)19-20-17(24)13-8-4-3-5-9-13/h3-11H,2,12H2,1H3,(H,19,23)(H,20,24). The number of fused-ring (bicyclic) bond motifs is 1. The van der Waals surface area contributed by atoms with E-state index in [4.69, 9.17) is 0 Å². The fraction of sp³-hybridized carbons (Fsp3) is 0.167. The van der Waals surface area contributed by atoms with Crippen LogP contribution in [0, 0.1) is 0 Å². The second-order valence-electron chi connectivity index (χ2n) is 5.47. The van der Waals surface area contributed by atoms with Gasteiger partial charge < -0.3 is 0 Å². The van der Waals surface area contributed by atoms with Gasteiger partial charge in [-0.05, 0) is 31.2 Å². The molecular formula is C18H18N4O3. The Balaban J connectivity index is 1.74. The van der Waals surface area contributed by atoms with Gasteiger partial charge in [0.1, 0.15) is 6.54 Å². The van der Waals surface area contributed by atoms with Crippen LogP contribution in [0.3, 0.4) is 0 Å². The van der Waals surface area contributed by atoms with Crippen LogP contribution < -0.4 is 16.5 Å². The first-order valence-electron chi connectivity index (χ1n) is 7.94. The molecular weight excluding hydrogens is 320 g/mol. The monoisotopic (exact) mass is 338 g/mol. The number of nitrogens with one attached hydrogen (secondary N) is 2. The summed E-state index contributed by atoms with van der Waals surface area (Å²) in [6.07, 6.45) is 0. The van der Waals surface area contributed by atoms with Gasteiger partial charge in [-0.15, -0.1) is 0 Å². The molecule has 128 valence electrons. The summed E-state index contributed by atoms with van der Waals surface area (Å²) in [5, 5.41) is 0. The number of aryl methyl sites for hydroxylation is 1. The van der Waals surface area contributed by atoms with Crippen LogP contribution in [0.5, 0.6) is 0 Å². The molecule has 0 unspecified atom stereocenters. The predicted molar refractivity (Wildman–Crippen MR) is 93.9 cm³/mol. The molecule has 0 fully saturated rings. The van der Waals surface area contributed by atoms with E-state index in [0.717, 1.165) is 5.52 Å². The Hall–Kier alpha value is -3.35. The molecule has 7 heteroatoms. The molecule has 0 saturated heterocycles. The lowest BCUT2D eigenvalue weighted by Gasteiger charge is -2.08. The maximum Gasteiger partial charge on any atom is 0.329 e. The number of amides is 2. The van der Waals surface area contributed by atoms with Crippen molar-refractivity contribution in [2.75, 3.05) is 0 Å². The molecule has 0 spiro atoms. The zero-order chi connectivity index (χ0) is 17.8. The first-order chi connectivity index (χ1) is 12.1. The van der Waals surface area contributed by atoms with Crippen LogP contribution in [0.2, 0.25) is 0 Å². The van der Waals surface area contributed by atoms with Crippen molar-refractivity contribution in [1.29, 1.82) is 0 Å². The van der Waals surface area contributed by atoms with Crippen molar-refractivity contribution >= 4 is 22.8 Å². The Kier molecular flexibility index (Phi) is 4.65. The van der Waals surface area contributed by atoms with E-state index >= 15 is 0 Å². The Morgan fingerprint density at radius 3 is 2.12 bits per heavy atom. The molecule has 1 heterocycles. The van der Waals surface area contributed by atoms with Crippen LogP contribution in [0.25, 0.3) is 11.0 Å². The van der Waals surface area contributed by atoms with Crippen LogP contribution in [-0.4, -0.2) is 20.9 Å². The average molecular weight is 338 g/mol. The number of aromatic nitrogens is 2. The lowest BCUT2D eigenvalue weighted by molar-refractivity contribution is -0.122. The summed E-state index contributed by atoms with van der Waals surface area (Å²) in [7, 11) is 0. The van der Waals surface area contributed by atoms with Gasteiger partial charge in [0.2, 0.25) is 0 Å². The maximum absolute atomic E-state index is 12.5. The molecule has 2 aromatic carbocycles. The second kappa shape index (κ2) is 7.04. The molecule has 0 bridgehead atoms. The number of rotatable bonds is 4. The van der Waals surface area contributed by atoms with Gasteiger partial charge in [0.15, 0.2) is 0 Å². The van der Waals surface area contributed by atoms with Crippen LogP contribution in [-0.2, 0) is 17.9 Å². The zero-order valence-electron chi connectivity index (χ0n) is 13.7. The topological polar surface area (TPSA) is 85.1 Å². The largest absolute Gasteiger partial charge is 0.329 e. The molecule has 7 nitrogen and oxygen atoms in total. The molecule has 3 rings (SSSR count). The first-order valence-corrected chi connectivity index (χ1v) is 7.94. The fourth-order valence-electron chi connectivity index (χ4n) is 2.70. The van der Waals surface area contributed by atoms with Crippen LogP contribution in [0.15, 0.2) is 59.4 Å². The number of carbonyl (C=O) groups excluding carboxylic acids is 2.